The maximum absolute atomic E-state index is 12.2. The van der Waals surface area contributed by atoms with E-state index in [1.165, 1.54) is 20.6 Å². The Labute approximate surface area is 106 Å². The van der Waals surface area contributed by atoms with Gasteiger partial charge in [0.1, 0.15) is 5.30 Å². The minimum Gasteiger partial charge on any atom is -0.308 e. The summed E-state index contributed by atoms with van der Waals surface area (Å²) in [5.74, 6) is 0. The lowest BCUT2D eigenvalue weighted by Gasteiger charge is -2.22. The molecule has 2 rings (SSSR count). The third kappa shape index (κ3) is 2.46. The van der Waals surface area contributed by atoms with Gasteiger partial charge in [0, 0.05) is 26.5 Å². The van der Waals surface area contributed by atoms with E-state index in [0.29, 0.717) is 0 Å². The summed E-state index contributed by atoms with van der Waals surface area (Å²) in [6.07, 6.45) is 7.21. The number of rotatable bonds is 4. The molecule has 102 valence electrons. The van der Waals surface area contributed by atoms with E-state index in [1.54, 1.807) is 10.9 Å². The number of hydrogen-bond donors (Lipinski definition) is 1. The van der Waals surface area contributed by atoms with Crippen LogP contribution in [0.5, 0.6) is 0 Å². The van der Waals surface area contributed by atoms with Crippen molar-refractivity contribution in [1.29, 1.82) is 0 Å². The minimum absolute atomic E-state index is 0.0815. The van der Waals surface area contributed by atoms with Crippen LogP contribution in [0.1, 0.15) is 38.1 Å². The van der Waals surface area contributed by atoms with Gasteiger partial charge in [-0.1, -0.05) is 19.3 Å². The molecule has 0 amide bonds. The molecular formula is C11H19N2O4P. The van der Waals surface area contributed by atoms with Gasteiger partial charge in [-0.05, 0) is 12.8 Å². The molecule has 1 aromatic heterocycles. The Morgan fingerprint density at radius 2 is 1.89 bits per heavy atom. The fourth-order valence-electron chi connectivity index (χ4n) is 2.42. The zero-order chi connectivity index (χ0) is 13.2. The van der Waals surface area contributed by atoms with Crippen LogP contribution in [0.15, 0.2) is 11.0 Å². The van der Waals surface area contributed by atoms with Gasteiger partial charge in [0.2, 0.25) is 0 Å². The first-order chi connectivity index (χ1) is 8.60. The maximum Gasteiger partial charge on any atom is 0.367 e. The highest BCUT2D eigenvalue weighted by atomic mass is 31.2. The number of hydrogen-bond acceptors (Lipinski definition) is 4. The van der Waals surface area contributed by atoms with Crippen molar-refractivity contribution in [2.24, 2.45) is 0 Å². The van der Waals surface area contributed by atoms with Crippen LogP contribution in [0.4, 0.5) is 0 Å². The van der Waals surface area contributed by atoms with Gasteiger partial charge < -0.3 is 9.05 Å². The van der Waals surface area contributed by atoms with Crippen molar-refractivity contribution in [3.05, 3.63) is 16.6 Å². The van der Waals surface area contributed by atoms with Gasteiger partial charge >= 0.3 is 7.60 Å². The number of nitrogens with zero attached hydrogens (tertiary/aromatic N) is 1. The van der Waals surface area contributed by atoms with E-state index in [0.717, 1.165) is 25.7 Å². The van der Waals surface area contributed by atoms with Crippen LogP contribution in [0.3, 0.4) is 0 Å². The van der Waals surface area contributed by atoms with Gasteiger partial charge in [-0.2, -0.15) is 0 Å². The molecular weight excluding hydrogens is 255 g/mol. The number of aromatic amines is 1. The van der Waals surface area contributed by atoms with Crippen molar-refractivity contribution in [3.8, 4) is 0 Å². The van der Waals surface area contributed by atoms with Gasteiger partial charge in [0.25, 0.3) is 5.56 Å². The highest BCUT2D eigenvalue weighted by Crippen LogP contribution is 2.44. The summed E-state index contributed by atoms with van der Waals surface area (Å²) < 4.78 is 23.7. The molecule has 1 saturated carbocycles. The fourth-order valence-corrected chi connectivity index (χ4v) is 3.53. The Hall–Kier alpha value is -0.840. The largest absolute Gasteiger partial charge is 0.367 e. The molecule has 1 fully saturated rings. The van der Waals surface area contributed by atoms with Crippen LogP contribution < -0.4 is 10.9 Å². The molecule has 18 heavy (non-hydrogen) atoms. The van der Waals surface area contributed by atoms with E-state index < -0.39 is 13.2 Å². The smallest absolute Gasteiger partial charge is 0.308 e. The van der Waals surface area contributed by atoms with Crippen LogP contribution in [-0.4, -0.2) is 24.0 Å². The van der Waals surface area contributed by atoms with Crippen molar-refractivity contribution >= 4 is 12.9 Å². The van der Waals surface area contributed by atoms with Gasteiger partial charge in [-0.15, -0.1) is 0 Å². The van der Waals surface area contributed by atoms with E-state index in [-0.39, 0.29) is 11.3 Å². The third-order valence-corrected chi connectivity index (χ3v) is 5.34. The van der Waals surface area contributed by atoms with Gasteiger partial charge in [-0.3, -0.25) is 19.1 Å². The monoisotopic (exact) mass is 274 g/mol. The fraction of sp³-hybridized carbons (Fsp3) is 0.727. The zero-order valence-electron chi connectivity index (χ0n) is 10.7. The number of aromatic nitrogens is 2. The molecule has 0 atom stereocenters. The Morgan fingerprint density at radius 3 is 2.44 bits per heavy atom. The summed E-state index contributed by atoms with van der Waals surface area (Å²) in [5.41, 5.74) is -0.396. The van der Waals surface area contributed by atoms with E-state index in [1.807, 2.05) is 0 Å². The van der Waals surface area contributed by atoms with Crippen LogP contribution in [0, 0.1) is 0 Å². The molecule has 1 aliphatic carbocycles. The summed E-state index contributed by atoms with van der Waals surface area (Å²) in [4.78, 5) is 11.8. The lowest BCUT2D eigenvalue weighted by molar-refractivity contribution is 0.287. The summed E-state index contributed by atoms with van der Waals surface area (Å²) >= 11 is 0. The normalized spacial score (nSPS) is 18.1. The summed E-state index contributed by atoms with van der Waals surface area (Å²) in [5, 5.41) is 2.80. The average molecular weight is 274 g/mol. The molecule has 1 heterocycles. The molecule has 1 N–H and O–H groups in total. The third-order valence-electron chi connectivity index (χ3n) is 3.47. The Kier molecular flexibility index (Phi) is 4.10. The van der Waals surface area contributed by atoms with Crippen LogP contribution in [0.2, 0.25) is 0 Å². The second kappa shape index (κ2) is 5.43. The molecule has 6 nitrogen and oxygen atoms in total. The Balaban J connectivity index is 2.32. The molecule has 0 bridgehead atoms. The maximum atomic E-state index is 12.2. The lowest BCUT2D eigenvalue weighted by Crippen LogP contribution is -2.23. The van der Waals surface area contributed by atoms with E-state index in [9.17, 15) is 9.36 Å². The molecule has 0 saturated heterocycles. The Morgan fingerprint density at radius 1 is 1.28 bits per heavy atom. The van der Waals surface area contributed by atoms with E-state index >= 15 is 0 Å². The predicted molar refractivity (Wildman–Crippen MR) is 68.4 cm³/mol. The summed E-state index contributed by atoms with van der Waals surface area (Å²) in [6, 6.07) is 0.280. The SMILES string of the molecule is COP(=O)(OC)c1cn(C2CCCCC2)[nH]c1=O. The molecule has 1 aromatic rings. The van der Waals surface area contributed by atoms with E-state index in [4.69, 9.17) is 9.05 Å². The molecule has 0 spiro atoms. The molecule has 7 heteroatoms. The number of nitrogens with one attached hydrogen (secondary N) is 1. The first-order valence-electron chi connectivity index (χ1n) is 6.14. The molecule has 0 aromatic carbocycles. The van der Waals surface area contributed by atoms with Crippen LogP contribution >= 0.6 is 7.60 Å². The van der Waals surface area contributed by atoms with Crippen LogP contribution in [0.25, 0.3) is 0 Å². The van der Waals surface area contributed by atoms with Gasteiger partial charge in [-0.25, -0.2) is 0 Å². The van der Waals surface area contributed by atoms with Gasteiger partial charge in [0.15, 0.2) is 0 Å². The highest BCUT2D eigenvalue weighted by Gasteiger charge is 2.30. The molecule has 0 aliphatic heterocycles. The lowest BCUT2D eigenvalue weighted by atomic mass is 9.96. The summed E-state index contributed by atoms with van der Waals surface area (Å²) in [7, 11) is -0.907. The average Bonchev–Trinajstić information content (AvgIpc) is 2.81. The van der Waals surface area contributed by atoms with Gasteiger partial charge in [0.05, 0.1) is 0 Å². The van der Waals surface area contributed by atoms with Crippen molar-refractivity contribution in [2.45, 2.75) is 38.1 Å². The zero-order valence-corrected chi connectivity index (χ0v) is 11.6. The molecule has 0 unspecified atom stereocenters. The first-order valence-corrected chi connectivity index (χ1v) is 7.68. The quantitative estimate of drug-likeness (QED) is 0.849. The second-order valence-electron chi connectivity index (χ2n) is 4.52. The standard InChI is InChI=1S/C11H19N2O4P/c1-16-18(15,17-2)10-8-13(12-11(10)14)9-6-4-3-5-7-9/h8-9H,3-7H2,1-2H3,(H,12,14). The minimum atomic E-state index is -3.47. The first kappa shape index (κ1) is 13.6. The van der Waals surface area contributed by atoms with Crippen molar-refractivity contribution in [2.75, 3.05) is 14.2 Å². The number of H-pyrrole nitrogens is 1. The second-order valence-corrected chi connectivity index (χ2v) is 6.72. The van der Waals surface area contributed by atoms with Crippen molar-refractivity contribution < 1.29 is 13.6 Å². The predicted octanol–water partition coefficient (Wildman–Crippen LogP) is 1.79. The Bertz CT molecular complexity index is 493. The van der Waals surface area contributed by atoms with E-state index in [2.05, 4.69) is 5.10 Å². The topological polar surface area (TPSA) is 73.3 Å². The summed E-state index contributed by atoms with van der Waals surface area (Å²) in [6.45, 7) is 0. The van der Waals surface area contributed by atoms with Crippen LogP contribution in [-0.2, 0) is 13.6 Å². The van der Waals surface area contributed by atoms with Crippen molar-refractivity contribution in [1.82, 2.24) is 9.78 Å². The molecule has 0 radical (unpaired) electrons. The molecule has 1 aliphatic rings. The highest BCUT2D eigenvalue weighted by molar-refractivity contribution is 7.62. The van der Waals surface area contributed by atoms with Crippen molar-refractivity contribution in [3.63, 3.8) is 0 Å².